The zero-order chi connectivity index (χ0) is 23.3. The molecule has 5 nitrogen and oxygen atoms in total. The molecule has 0 saturated carbocycles. The highest BCUT2D eigenvalue weighted by Gasteiger charge is 2.28. The van der Waals surface area contributed by atoms with E-state index in [2.05, 4.69) is 5.32 Å². The summed E-state index contributed by atoms with van der Waals surface area (Å²) in [7, 11) is -4.11. The van der Waals surface area contributed by atoms with E-state index in [4.69, 9.17) is 0 Å². The van der Waals surface area contributed by atoms with Crippen molar-refractivity contribution in [2.24, 2.45) is 0 Å². The van der Waals surface area contributed by atoms with Crippen LogP contribution in [0.5, 0.6) is 0 Å². The van der Waals surface area contributed by atoms with Crippen LogP contribution in [0.2, 0.25) is 0 Å². The number of carbonyl (C=O) groups is 1. The first-order chi connectivity index (χ1) is 15.3. The Bertz CT molecular complexity index is 1210. The summed E-state index contributed by atoms with van der Waals surface area (Å²) in [5.41, 5.74) is 2.58. The molecule has 0 heterocycles. The number of nitrogens with one attached hydrogen (secondary N) is 1. The Labute approximate surface area is 192 Å². The minimum Gasteiger partial charge on any atom is -0.324 e. The third-order valence-electron chi connectivity index (χ3n) is 5.04. The van der Waals surface area contributed by atoms with E-state index in [1.54, 1.807) is 12.1 Å². The van der Waals surface area contributed by atoms with Crippen molar-refractivity contribution in [1.29, 1.82) is 0 Å². The summed E-state index contributed by atoms with van der Waals surface area (Å²) in [6.07, 6.45) is 2.61. The number of aryl methyl sites for hydroxylation is 2. The van der Waals surface area contributed by atoms with Crippen LogP contribution in [-0.2, 0) is 21.2 Å². The molecule has 0 aliphatic heterocycles. The Hall–Kier alpha value is -2.84. The van der Waals surface area contributed by atoms with Gasteiger partial charge in [-0.3, -0.25) is 9.10 Å². The fraction of sp³-hybridized carbons (Fsp3) is 0.208. The highest BCUT2D eigenvalue weighted by molar-refractivity contribution is 7.98. The molecule has 8 heteroatoms. The van der Waals surface area contributed by atoms with Crippen molar-refractivity contribution in [2.75, 3.05) is 22.4 Å². The molecule has 0 bridgehead atoms. The van der Waals surface area contributed by atoms with E-state index < -0.39 is 28.3 Å². The minimum atomic E-state index is -4.11. The Kier molecular flexibility index (Phi) is 7.58. The van der Waals surface area contributed by atoms with Crippen LogP contribution in [0.1, 0.15) is 18.1 Å². The van der Waals surface area contributed by atoms with E-state index in [0.717, 1.165) is 26.4 Å². The summed E-state index contributed by atoms with van der Waals surface area (Å²) >= 11 is 1.49. The van der Waals surface area contributed by atoms with Crippen LogP contribution in [0, 0.1) is 12.7 Å². The number of amides is 1. The Morgan fingerprint density at radius 1 is 1.06 bits per heavy atom. The van der Waals surface area contributed by atoms with E-state index in [9.17, 15) is 17.6 Å². The summed E-state index contributed by atoms with van der Waals surface area (Å²) in [5, 5.41) is 2.84. The number of thioether (sulfide) groups is 1. The Morgan fingerprint density at radius 2 is 1.75 bits per heavy atom. The van der Waals surface area contributed by atoms with Gasteiger partial charge in [0, 0.05) is 10.6 Å². The number of anilines is 2. The van der Waals surface area contributed by atoms with Crippen LogP contribution in [0.4, 0.5) is 15.8 Å². The second kappa shape index (κ2) is 10.2. The largest absolute Gasteiger partial charge is 0.324 e. The van der Waals surface area contributed by atoms with Crippen LogP contribution in [0.25, 0.3) is 0 Å². The van der Waals surface area contributed by atoms with Gasteiger partial charge >= 0.3 is 0 Å². The monoisotopic (exact) mass is 472 g/mol. The maximum absolute atomic E-state index is 13.9. The lowest BCUT2D eigenvalue weighted by Gasteiger charge is -2.24. The molecule has 3 aromatic rings. The SMILES string of the molecule is CCc1cccc(C)c1NC(=O)CN(c1cccc(F)c1)S(=O)(=O)c1ccc(SC)cc1. The summed E-state index contributed by atoms with van der Waals surface area (Å²) in [4.78, 5) is 13.9. The first-order valence-electron chi connectivity index (χ1n) is 10.1. The standard InChI is InChI=1S/C24H25FN2O3S2/c1-4-18-8-5-7-17(2)24(18)26-23(28)16-27(20-10-6-9-19(25)15-20)32(29,30)22-13-11-21(31-3)12-14-22/h5-15H,4,16H2,1-3H3,(H,26,28). The molecule has 1 N–H and O–H groups in total. The van der Waals surface area contributed by atoms with Gasteiger partial charge < -0.3 is 5.32 Å². The van der Waals surface area contributed by atoms with Crippen molar-refractivity contribution in [3.63, 3.8) is 0 Å². The van der Waals surface area contributed by atoms with Crippen molar-refractivity contribution in [1.82, 2.24) is 0 Å². The Morgan fingerprint density at radius 3 is 2.38 bits per heavy atom. The number of benzene rings is 3. The molecule has 0 atom stereocenters. The number of hydrogen-bond acceptors (Lipinski definition) is 4. The molecule has 3 aromatic carbocycles. The summed E-state index contributed by atoms with van der Waals surface area (Å²) in [5.74, 6) is -1.10. The van der Waals surface area contributed by atoms with Gasteiger partial charge in [0.2, 0.25) is 5.91 Å². The van der Waals surface area contributed by atoms with Gasteiger partial charge in [0.05, 0.1) is 10.6 Å². The maximum Gasteiger partial charge on any atom is 0.264 e. The quantitative estimate of drug-likeness (QED) is 0.455. The lowest BCUT2D eigenvalue weighted by atomic mass is 10.1. The number of nitrogens with zero attached hydrogens (tertiary/aromatic N) is 1. The molecule has 0 saturated heterocycles. The summed E-state index contributed by atoms with van der Waals surface area (Å²) in [6.45, 7) is 3.36. The number of sulfonamides is 1. The number of carbonyl (C=O) groups excluding carboxylic acids is 1. The third-order valence-corrected chi connectivity index (χ3v) is 7.57. The molecular weight excluding hydrogens is 447 g/mol. The number of hydrogen-bond donors (Lipinski definition) is 1. The predicted octanol–water partition coefficient (Wildman–Crippen LogP) is 5.25. The molecule has 0 aliphatic carbocycles. The molecule has 1 amide bonds. The minimum absolute atomic E-state index is 0.0255. The lowest BCUT2D eigenvalue weighted by molar-refractivity contribution is -0.114. The van der Waals surface area contributed by atoms with Crippen LogP contribution < -0.4 is 9.62 Å². The smallest absolute Gasteiger partial charge is 0.264 e. The second-order valence-electron chi connectivity index (χ2n) is 7.18. The third kappa shape index (κ3) is 5.31. The summed E-state index contributed by atoms with van der Waals surface area (Å²) < 4.78 is 41.7. The van der Waals surface area contributed by atoms with E-state index >= 15 is 0 Å². The highest BCUT2D eigenvalue weighted by Crippen LogP contribution is 2.27. The normalized spacial score (nSPS) is 11.2. The van der Waals surface area contributed by atoms with E-state index in [0.29, 0.717) is 12.1 Å². The molecule has 0 spiro atoms. The van der Waals surface area contributed by atoms with Gasteiger partial charge in [0.25, 0.3) is 10.0 Å². The average Bonchev–Trinajstić information content (AvgIpc) is 2.78. The van der Waals surface area contributed by atoms with Crippen molar-refractivity contribution in [2.45, 2.75) is 30.1 Å². The van der Waals surface area contributed by atoms with Gasteiger partial charge in [-0.2, -0.15) is 0 Å². The maximum atomic E-state index is 13.9. The Balaban J connectivity index is 1.98. The molecule has 0 aromatic heterocycles. The van der Waals surface area contributed by atoms with Gasteiger partial charge in [0.15, 0.2) is 0 Å². The molecule has 0 unspecified atom stereocenters. The van der Waals surface area contributed by atoms with Gasteiger partial charge in [-0.15, -0.1) is 11.8 Å². The van der Waals surface area contributed by atoms with Crippen LogP contribution >= 0.6 is 11.8 Å². The number of rotatable bonds is 8. The first kappa shape index (κ1) is 23.8. The molecule has 0 aliphatic rings. The zero-order valence-electron chi connectivity index (χ0n) is 18.1. The number of para-hydroxylation sites is 1. The predicted molar refractivity (Wildman–Crippen MR) is 128 cm³/mol. The first-order valence-corrected chi connectivity index (χ1v) is 12.7. The van der Waals surface area contributed by atoms with Crippen LogP contribution in [0.3, 0.4) is 0 Å². The van der Waals surface area contributed by atoms with E-state index in [-0.39, 0.29) is 10.6 Å². The van der Waals surface area contributed by atoms with E-state index in [1.165, 1.54) is 42.1 Å². The van der Waals surface area contributed by atoms with E-state index in [1.807, 2.05) is 38.3 Å². The molecule has 0 fully saturated rings. The topological polar surface area (TPSA) is 66.5 Å². The molecule has 168 valence electrons. The van der Waals surface area contributed by atoms with Crippen molar-refractivity contribution >= 4 is 39.1 Å². The van der Waals surface area contributed by atoms with Gasteiger partial charge in [-0.25, -0.2) is 12.8 Å². The highest BCUT2D eigenvalue weighted by atomic mass is 32.2. The molecule has 3 rings (SSSR count). The van der Waals surface area contributed by atoms with Crippen molar-refractivity contribution in [3.8, 4) is 0 Å². The number of halogens is 1. The molecular formula is C24H25FN2O3S2. The molecule has 0 radical (unpaired) electrons. The zero-order valence-corrected chi connectivity index (χ0v) is 19.8. The van der Waals surface area contributed by atoms with Crippen LogP contribution in [-0.4, -0.2) is 27.1 Å². The van der Waals surface area contributed by atoms with Gasteiger partial charge in [-0.1, -0.05) is 31.2 Å². The average molecular weight is 473 g/mol. The van der Waals surface area contributed by atoms with Gasteiger partial charge in [-0.05, 0) is 73.2 Å². The molecule has 32 heavy (non-hydrogen) atoms. The van der Waals surface area contributed by atoms with Crippen molar-refractivity contribution in [3.05, 3.63) is 83.7 Å². The van der Waals surface area contributed by atoms with Crippen LogP contribution in [0.15, 0.2) is 76.5 Å². The van der Waals surface area contributed by atoms with Crippen molar-refractivity contribution < 1.29 is 17.6 Å². The lowest BCUT2D eigenvalue weighted by Crippen LogP contribution is -2.38. The van der Waals surface area contributed by atoms with Gasteiger partial charge in [0.1, 0.15) is 12.4 Å². The fourth-order valence-electron chi connectivity index (χ4n) is 3.33. The second-order valence-corrected chi connectivity index (χ2v) is 9.92. The summed E-state index contributed by atoms with van der Waals surface area (Å²) in [6, 6.07) is 17.3. The fourth-order valence-corrected chi connectivity index (χ4v) is 5.15.